The van der Waals surface area contributed by atoms with Gasteiger partial charge in [0, 0.05) is 0 Å². The van der Waals surface area contributed by atoms with Gasteiger partial charge >= 0.3 is 0 Å². The summed E-state index contributed by atoms with van der Waals surface area (Å²) in [6.07, 6.45) is 1.12. The fourth-order valence-electron chi connectivity index (χ4n) is 3.83. The van der Waals surface area contributed by atoms with Gasteiger partial charge in [-0.05, 0) is 25.2 Å². The second-order valence-corrected chi connectivity index (χ2v) is 10.8. The standard InChI is InChI=1S/C12H14Cl6O3/c1-9-5(2-3-6-8(9)20-6)4-7(10(13,14)15)21-11(9,19)12(16,17)18/h5-8,19H,2-4H2,1H3/t5?,6-,7?,8-,9?,11?/m0/s1. The Labute approximate surface area is 153 Å². The van der Waals surface area contributed by atoms with Crippen molar-refractivity contribution in [3.8, 4) is 0 Å². The Kier molecular flexibility index (Phi) is 4.20. The Hall–Kier alpha value is 1.62. The lowest BCUT2D eigenvalue weighted by atomic mass is 9.59. The number of rotatable bonds is 0. The molecule has 0 radical (unpaired) electrons. The van der Waals surface area contributed by atoms with Gasteiger partial charge in [-0.2, -0.15) is 0 Å². The Morgan fingerprint density at radius 1 is 1.10 bits per heavy atom. The van der Waals surface area contributed by atoms with E-state index in [0.717, 1.165) is 12.8 Å². The van der Waals surface area contributed by atoms with Crippen molar-refractivity contribution in [3.63, 3.8) is 0 Å². The van der Waals surface area contributed by atoms with Gasteiger partial charge in [0.25, 0.3) is 0 Å². The van der Waals surface area contributed by atoms with E-state index in [9.17, 15) is 5.11 Å². The fourth-order valence-corrected chi connectivity index (χ4v) is 4.98. The van der Waals surface area contributed by atoms with Gasteiger partial charge < -0.3 is 14.6 Å². The van der Waals surface area contributed by atoms with Gasteiger partial charge in [-0.3, -0.25) is 0 Å². The number of hydrogen-bond acceptors (Lipinski definition) is 3. The number of ether oxygens (including phenoxy) is 2. The first-order valence-electron chi connectivity index (χ1n) is 6.60. The smallest absolute Gasteiger partial charge is 0.244 e. The third-order valence-electron chi connectivity index (χ3n) is 5.11. The van der Waals surface area contributed by atoms with Crippen molar-refractivity contribution in [1.82, 2.24) is 0 Å². The van der Waals surface area contributed by atoms with Gasteiger partial charge in [0.05, 0.1) is 17.6 Å². The van der Waals surface area contributed by atoms with Crippen LogP contribution in [0.4, 0.5) is 0 Å². The average molecular weight is 419 g/mol. The summed E-state index contributed by atoms with van der Waals surface area (Å²) in [5, 5.41) is 11.1. The molecule has 1 aliphatic carbocycles. The van der Waals surface area contributed by atoms with Gasteiger partial charge in [0.2, 0.25) is 13.4 Å². The first-order valence-corrected chi connectivity index (χ1v) is 8.87. The SMILES string of the molecule is CC12C(CC[C@@H]3O[C@@H]31)CC(C(Cl)(Cl)Cl)OC2(O)C(Cl)(Cl)Cl. The largest absolute Gasteiger partial charge is 0.369 e. The number of alkyl halides is 6. The zero-order chi connectivity index (χ0) is 15.8. The average Bonchev–Trinajstić information content (AvgIpc) is 3.08. The van der Waals surface area contributed by atoms with Crippen LogP contribution in [-0.4, -0.2) is 36.8 Å². The van der Waals surface area contributed by atoms with Gasteiger partial charge in [0.1, 0.15) is 6.10 Å². The molecule has 2 aliphatic heterocycles. The van der Waals surface area contributed by atoms with Crippen LogP contribution in [0.25, 0.3) is 0 Å². The number of fused-ring (bicyclic) bond motifs is 3. The van der Waals surface area contributed by atoms with Crippen LogP contribution in [0.5, 0.6) is 0 Å². The summed E-state index contributed by atoms with van der Waals surface area (Å²) in [7, 11) is 0. The molecular formula is C12H14Cl6O3. The van der Waals surface area contributed by atoms with E-state index in [0.29, 0.717) is 6.42 Å². The molecule has 122 valence electrons. The zero-order valence-electron chi connectivity index (χ0n) is 11.0. The van der Waals surface area contributed by atoms with E-state index in [1.165, 1.54) is 0 Å². The molecule has 3 aliphatic rings. The van der Waals surface area contributed by atoms with Crippen LogP contribution in [0, 0.1) is 11.3 Å². The molecule has 0 aromatic carbocycles. The van der Waals surface area contributed by atoms with Crippen molar-refractivity contribution >= 4 is 69.6 Å². The Morgan fingerprint density at radius 2 is 1.71 bits per heavy atom. The molecule has 4 unspecified atom stereocenters. The molecule has 3 rings (SSSR count). The first kappa shape index (κ1) is 17.4. The molecule has 1 N–H and O–H groups in total. The predicted octanol–water partition coefficient (Wildman–Crippen LogP) is 4.39. The van der Waals surface area contributed by atoms with Crippen LogP contribution >= 0.6 is 69.6 Å². The normalized spacial score (nSPS) is 50.3. The van der Waals surface area contributed by atoms with Crippen LogP contribution in [0.15, 0.2) is 0 Å². The molecule has 3 nitrogen and oxygen atoms in total. The van der Waals surface area contributed by atoms with E-state index in [4.69, 9.17) is 79.1 Å². The minimum Gasteiger partial charge on any atom is -0.369 e. The summed E-state index contributed by atoms with van der Waals surface area (Å²) in [6.45, 7) is 1.82. The molecule has 2 saturated heterocycles. The summed E-state index contributed by atoms with van der Waals surface area (Å²) in [4.78, 5) is 0. The lowest BCUT2D eigenvalue weighted by Gasteiger charge is -2.58. The molecule has 9 heteroatoms. The number of aliphatic hydroxyl groups is 1. The second-order valence-electron chi connectivity index (χ2n) is 6.18. The zero-order valence-corrected chi connectivity index (χ0v) is 15.5. The topological polar surface area (TPSA) is 42.0 Å². The highest BCUT2D eigenvalue weighted by atomic mass is 35.6. The van der Waals surface area contributed by atoms with Crippen molar-refractivity contribution in [2.45, 2.75) is 57.9 Å². The highest BCUT2D eigenvalue weighted by molar-refractivity contribution is 6.69. The second kappa shape index (κ2) is 5.06. The molecule has 1 saturated carbocycles. The summed E-state index contributed by atoms with van der Waals surface area (Å²) >= 11 is 35.9. The maximum atomic E-state index is 11.1. The van der Waals surface area contributed by atoms with Crippen molar-refractivity contribution < 1.29 is 14.6 Å². The molecule has 2 heterocycles. The number of epoxide rings is 1. The molecule has 0 aromatic heterocycles. The lowest BCUT2D eigenvalue weighted by Crippen LogP contribution is -2.69. The van der Waals surface area contributed by atoms with Crippen molar-refractivity contribution in [3.05, 3.63) is 0 Å². The van der Waals surface area contributed by atoms with Gasteiger partial charge in [-0.1, -0.05) is 76.5 Å². The molecule has 0 bridgehead atoms. The third-order valence-corrected chi connectivity index (χ3v) is 6.61. The Morgan fingerprint density at radius 3 is 2.24 bits per heavy atom. The molecule has 0 amide bonds. The third kappa shape index (κ3) is 2.51. The molecule has 6 atom stereocenters. The van der Waals surface area contributed by atoms with E-state index in [2.05, 4.69) is 0 Å². The van der Waals surface area contributed by atoms with Crippen molar-refractivity contribution in [1.29, 1.82) is 0 Å². The van der Waals surface area contributed by atoms with Crippen LogP contribution in [-0.2, 0) is 9.47 Å². The minimum absolute atomic E-state index is 0.0313. The van der Waals surface area contributed by atoms with Gasteiger partial charge in [0.15, 0.2) is 0 Å². The van der Waals surface area contributed by atoms with E-state index >= 15 is 0 Å². The van der Waals surface area contributed by atoms with E-state index in [-0.39, 0.29) is 18.1 Å². The van der Waals surface area contributed by atoms with Crippen LogP contribution in [0.2, 0.25) is 0 Å². The highest BCUT2D eigenvalue weighted by Crippen LogP contribution is 2.67. The lowest BCUT2D eigenvalue weighted by molar-refractivity contribution is -0.335. The van der Waals surface area contributed by atoms with E-state index in [1.807, 2.05) is 6.92 Å². The Bertz CT molecular complexity index is 449. The van der Waals surface area contributed by atoms with Crippen LogP contribution in [0.1, 0.15) is 26.2 Å². The number of hydrogen-bond donors (Lipinski definition) is 1. The molecule has 21 heavy (non-hydrogen) atoms. The van der Waals surface area contributed by atoms with Crippen LogP contribution in [0.3, 0.4) is 0 Å². The summed E-state index contributed by atoms with van der Waals surface area (Å²) in [6, 6.07) is 0. The van der Waals surface area contributed by atoms with Crippen molar-refractivity contribution in [2.75, 3.05) is 0 Å². The predicted molar refractivity (Wildman–Crippen MR) is 84.5 cm³/mol. The maximum Gasteiger partial charge on any atom is 0.244 e. The Balaban J connectivity index is 2.04. The monoisotopic (exact) mass is 416 g/mol. The first-order chi connectivity index (χ1) is 9.41. The highest BCUT2D eigenvalue weighted by Gasteiger charge is 2.76. The summed E-state index contributed by atoms with van der Waals surface area (Å²) < 4.78 is 7.49. The number of halogens is 6. The maximum absolute atomic E-state index is 11.1. The molecule has 0 aromatic rings. The fraction of sp³-hybridized carbons (Fsp3) is 1.00. The summed E-state index contributed by atoms with van der Waals surface area (Å²) in [5.41, 5.74) is -0.867. The molecular weight excluding hydrogens is 405 g/mol. The quantitative estimate of drug-likeness (QED) is 0.468. The van der Waals surface area contributed by atoms with Gasteiger partial charge in [-0.15, -0.1) is 0 Å². The van der Waals surface area contributed by atoms with Gasteiger partial charge in [-0.25, -0.2) is 0 Å². The van der Waals surface area contributed by atoms with E-state index < -0.39 is 24.9 Å². The minimum atomic E-state index is -2.10. The van der Waals surface area contributed by atoms with E-state index in [1.54, 1.807) is 0 Å². The molecule has 3 fully saturated rings. The molecule has 0 spiro atoms. The van der Waals surface area contributed by atoms with Crippen molar-refractivity contribution in [2.24, 2.45) is 11.3 Å². The summed E-state index contributed by atoms with van der Waals surface area (Å²) in [5.74, 6) is -2.13. The van der Waals surface area contributed by atoms with Crippen LogP contribution < -0.4 is 0 Å².